The monoisotopic (exact) mass is 945 g/mol. The molecule has 3 aliphatic heterocycles. The Morgan fingerprint density at radius 1 is 0.682 bits per heavy atom. The van der Waals surface area contributed by atoms with Gasteiger partial charge < -0.3 is 89.7 Å². The Balaban J connectivity index is 1.15. The van der Waals surface area contributed by atoms with Gasteiger partial charge >= 0.3 is 0 Å². The number of rotatable bonds is 13. The Hall–Kier alpha value is -1.24. The predicted octanol–water partition coefficient (Wildman–Crippen LogP) is -0.107. The molecular weight excluding hydrogens is 865 g/mol. The quantitative estimate of drug-likeness (QED) is 0.107. The minimum Gasteiger partial charge on any atom is -0.394 e. The van der Waals surface area contributed by atoms with Crippen molar-refractivity contribution < 1.29 is 89.7 Å². The Bertz CT molecular complexity index is 1740. The number of hydrogen-bond acceptors (Lipinski definition) is 18. The molecule has 0 spiro atoms. The minimum atomic E-state index is -1.80. The van der Waals surface area contributed by atoms with E-state index in [1.807, 2.05) is 20.8 Å². The van der Waals surface area contributed by atoms with Gasteiger partial charge in [-0.2, -0.15) is 0 Å². The van der Waals surface area contributed by atoms with Gasteiger partial charge in [0, 0.05) is 5.41 Å². The van der Waals surface area contributed by atoms with Gasteiger partial charge in [0.2, 0.25) is 0 Å². The zero-order valence-corrected chi connectivity index (χ0v) is 39.8. The van der Waals surface area contributed by atoms with Crippen molar-refractivity contribution in [2.75, 3.05) is 19.8 Å². The highest BCUT2D eigenvalue weighted by Crippen LogP contribution is 2.75. The molecule has 0 amide bonds. The van der Waals surface area contributed by atoms with Gasteiger partial charge in [-0.1, -0.05) is 57.9 Å². The van der Waals surface area contributed by atoms with Crippen molar-refractivity contribution in [2.45, 2.75) is 217 Å². The van der Waals surface area contributed by atoms with Crippen LogP contribution in [0.1, 0.15) is 107 Å². The van der Waals surface area contributed by atoms with Crippen molar-refractivity contribution in [3.63, 3.8) is 0 Å². The molecule has 7 aliphatic rings. The molecule has 0 bridgehead atoms. The first kappa shape index (κ1) is 52.6. The number of hydrogen-bond donors (Lipinski definition) is 12. The van der Waals surface area contributed by atoms with Crippen LogP contribution in [0, 0.1) is 39.4 Å². The molecule has 0 unspecified atom stereocenters. The second kappa shape index (κ2) is 19.4. The fourth-order valence-corrected chi connectivity index (χ4v) is 14.1. The summed E-state index contributed by atoms with van der Waals surface area (Å²) < 4.78 is 37.1. The molecule has 18 nitrogen and oxygen atoms in total. The van der Waals surface area contributed by atoms with Crippen molar-refractivity contribution in [3.8, 4) is 0 Å². The summed E-state index contributed by atoms with van der Waals surface area (Å²) in [5.41, 5.74) is -0.390. The Labute approximate surface area is 388 Å². The third-order valence-corrected chi connectivity index (χ3v) is 18.1. The number of fused-ring (bicyclic) bond motifs is 5. The molecule has 3 saturated heterocycles. The standard InChI is InChI=1S/C48H80O18/c1-22(2)10-9-14-48(8,66-42-39(60)36(57)33(54)26(20-50)62-42)23-11-16-47(7)31(23)24(52)18-29-45(5)15-13-30(44(3,4)28(45)12-17-46(29,47)6)64-43-40(37(58)34(55)27(21-51)63-43)65-41-38(59)35(56)32(53)25(19-49)61-41/h10,12,23-27,29-43,49-60H,9,11,13-21H2,1-8H3/t23-,24+,25+,26+,27+,29+,30-,31-,32+,33+,34+,35-,36-,37-,38+,39+,40+,41-,42-,43-,45-,46+,47+,48-/m0/s1. The highest BCUT2D eigenvalue weighted by molar-refractivity contribution is 5.34. The summed E-state index contributed by atoms with van der Waals surface area (Å²) in [6, 6.07) is 0. The molecule has 66 heavy (non-hydrogen) atoms. The van der Waals surface area contributed by atoms with Crippen LogP contribution < -0.4 is 0 Å². The van der Waals surface area contributed by atoms with E-state index < -0.39 is 141 Å². The van der Waals surface area contributed by atoms with Crippen molar-refractivity contribution in [1.82, 2.24) is 0 Å². The van der Waals surface area contributed by atoms with Crippen molar-refractivity contribution >= 4 is 0 Å². The first-order valence-corrected chi connectivity index (χ1v) is 24.1. The topological polar surface area (TPSA) is 298 Å². The van der Waals surface area contributed by atoms with E-state index in [4.69, 9.17) is 28.4 Å². The second-order valence-corrected chi connectivity index (χ2v) is 22.4. The lowest BCUT2D eigenvalue weighted by molar-refractivity contribution is -0.375. The van der Waals surface area contributed by atoms with Crippen LogP contribution in [0.3, 0.4) is 0 Å². The van der Waals surface area contributed by atoms with Gasteiger partial charge in [-0.3, -0.25) is 0 Å². The van der Waals surface area contributed by atoms with Crippen LogP contribution in [0.2, 0.25) is 0 Å². The molecule has 3 saturated carbocycles. The molecule has 0 aromatic carbocycles. The van der Waals surface area contributed by atoms with Gasteiger partial charge in [-0.05, 0) is 106 Å². The third-order valence-electron chi connectivity index (χ3n) is 18.1. The van der Waals surface area contributed by atoms with Crippen LogP contribution in [0.25, 0.3) is 0 Å². The van der Waals surface area contributed by atoms with Crippen molar-refractivity contribution in [1.29, 1.82) is 0 Å². The van der Waals surface area contributed by atoms with Crippen LogP contribution in [0.5, 0.6) is 0 Å². The largest absolute Gasteiger partial charge is 0.394 e. The molecule has 380 valence electrons. The minimum absolute atomic E-state index is 0.0347. The highest BCUT2D eigenvalue weighted by Gasteiger charge is 2.71. The second-order valence-electron chi connectivity index (χ2n) is 22.4. The first-order valence-electron chi connectivity index (χ1n) is 24.1. The van der Waals surface area contributed by atoms with E-state index in [1.165, 1.54) is 0 Å². The van der Waals surface area contributed by atoms with Crippen LogP contribution in [-0.2, 0) is 28.4 Å². The van der Waals surface area contributed by atoms with E-state index in [1.54, 1.807) is 0 Å². The summed E-state index contributed by atoms with van der Waals surface area (Å²) in [6.45, 7) is 15.2. The van der Waals surface area contributed by atoms with E-state index in [9.17, 15) is 61.3 Å². The van der Waals surface area contributed by atoms with E-state index in [2.05, 4.69) is 46.8 Å². The van der Waals surface area contributed by atoms with Gasteiger partial charge in [0.1, 0.15) is 73.2 Å². The maximum Gasteiger partial charge on any atom is 0.187 e. The summed E-state index contributed by atoms with van der Waals surface area (Å²) >= 11 is 0. The average molecular weight is 945 g/mol. The summed E-state index contributed by atoms with van der Waals surface area (Å²) in [7, 11) is 0. The fourth-order valence-electron chi connectivity index (χ4n) is 14.1. The molecule has 0 aromatic heterocycles. The lowest BCUT2D eigenvalue weighted by Crippen LogP contribution is -2.66. The zero-order chi connectivity index (χ0) is 48.6. The highest BCUT2D eigenvalue weighted by atomic mass is 16.8. The molecular formula is C48H80O18. The first-order chi connectivity index (χ1) is 30.8. The van der Waals surface area contributed by atoms with Crippen LogP contribution in [0.4, 0.5) is 0 Å². The number of allylic oxidation sites excluding steroid dienone is 3. The third kappa shape index (κ3) is 8.71. The summed E-state index contributed by atoms with van der Waals surface area (Å²) in [4.78, 5) is 0. The lowest BCUT2D eigenvalue weighted by atomic mass is 9.37. The maximum atomic E-state index is 12.6. The number of aliphatic hydroxyl groups excluding tert-OH is 12. The van der Waals surface area contributed by atoms with Crippen LogP contribution in [-0.4, -0.2) is 191 Å². The summed E-state index contributed by atoms with van der Waals surface area (Å²) in [5, 5.41) is 129. The number of aliphatic hydroxyl groups is 12. The Morgan fingerprint density at radius 2 is 1.23 bits per heavy atom. The van der Waals surface area contributed by atoms with Crippen molar-refractivity contribution in [2.24, 2.45) is 39.4 Å². The summed E-state index contributed by atoms with van der Waals surface area (Å²) in [5.74, 6) is -0.360. The SMILES string of the molecule is CC(C)=CCC[C@](C)(O[C@@H]1O[C@H](CO)[C@@H](O)[C@H](O)[C@H]1O)[C@H]1CC[C@]2(C)[C@@H]1[C@H](O)C[C@@H]1[C@@]3(C)CC[C@H](O[C@@H]4O[C@H](CO)[C@@H](O)[C@H](O)[C@H]4O[C@@H]4O[C@H](CO)[C@@H](O)[C@H](O)[C@H]4O)C(C)(C)C3=CC[C@]12C. The van der Waals surface area contributed by atoms with Gasteiger partial charge in [-0.15, -0.1) is 0 Å². The molecule has 12 N–H and O–H groups in total. The normalized spacial score (nSPS) is 51.2. The number of ether oxygens (including phenoxy) is 6. The van der Waals surface area contributed by atoms with Crippen LogP contribution in [0.15, 0.2) is 23.3 Å². The van der Waals surface area contributed by atoms with Gasteiger partial charge in [0.05, 0.1) is 37.6 Å². The zero-order valence-electron chi connectivity index (χ0n) is 39.8. The van der Waals surface area contributed by atoms with E-state index >= 15 is 0 Å². The fraction of sp³-hybridized carbons (Fsp3) is 0.917. The maximum absolute atomic E-state index is 12.6. The lowest BCUT2D eigenvalue weighted by Gasteiger charge is -2.68. The van der Waals surface area contributed by atoms with E-state index in [-0.39, 0.29) is 28.6 Å². The van der Waals surface area contributed by atoms with E-state index in [0.717, 1.165) is 24.0 Å². The molecule has 7 rings (SSSR count). The molecule has 3 heterocycles. The van der Waals surface area contributed by atoms with E-state index in [0.29, 0.717) is 38.5 Å². The summed E-state index contributed by atoms with van der Waals surface area (Å²) in [6.07, 6.45) is -14.6. The molecule has 0 radical (unpaired) electrons. The molecule has 4 aliphatic carbocycles. The molecule has 0 aromatic rings. The predicted molar refractivity (Wildman–Crippen MR) is 234 cm³/mol. The van der Waals surface area contributed by atoms with Gasteiger partial charge in [-0.25, -0.2) is 0 Å². The smallest absolute Gasteiger partial charge is 0.187 e. The Kier molecular flexibility index (Phi) is 15.5. The molecule has 18 heteroatoms. The van der Waals surface area contributed by atoms with Gasteiger partial charge in [0.25, 0.3) is 0 Å². The van der Waals surface area contributed by atoms with Crippen LogP contribution >= 0.6 is 0 Å². The molecule has 6 fully saturated rings. The van der Waals surface area contributed by atoms with Crippen molar-refractivity contribution in [3.05, 3.63) is 23.3 Å². The average Bonchev–Trinajstić information content (AvgIpc) is 3.65. The van der Waals surface area contributed by atoms with Gasteiger partial charge in [0.15, 0.2) is 18.9 Å². The Morgan fingerprint density at radius 3 is 1.80 bits per heavy atom. The molecule has 24 atom stereocenters.